The van der Waals surface area contributed by atoms with E-state index in [0.29, 0.717) is 35.9 Å². The van der Waals surface area contributed by atoms with Crippen LogP contribution in [0.4, 0.5) is 17.4 Å². The molecule has 4 heterocycles. The Morgan fingerprint density at radius 2 is 2.00 bits per heavy atom. The minimum Gasteiger partial charge on any atom is -0.504 e. The SMILES string of the molecule is Cc1cc(OCCc2ccccn2)ccc1Nc1oc(C=C2C=Nc3ncccc32)c(O)c1C(=O)O. The average Bonchev–Trinajstić information content (AvgIpc) is 3.42. The zero-order valence-corrected chi connectivity index (χ0v) is 19.3. The Balaban J connectivity index is 1.35. The van der Waals surface area contributed by atoms with Gasteiger partial charge in [-0.25, -0.2) is 14.8 Å². The van der Waals surface area contributed by atoms with Crippen molar-refractivity contribution in [3.63, 3.8) is 0 Å². The number of anilines is 2. The van der Waals surface area contributed by atoms with Crippen molar-refractivity contribution in [2.24, 2.45) is 4.99 Å². The van der Waals surface area contributed by atoms with Gasteiger partial charge in [0, 0.05) is 47.5 Å². The largest absolute Gasteiger partial charge is 0.504 e. The molecular formula is C27H22N4O5. The van der Waals surface area contributed by atoms with Crippen LogP contribution in [0.2, 0.25) is 0 Å². The number of hydrogen-bond acceptors (Lipinski definition) is 8. The number of ether oxygens (including phenoxy) is 1. The van der Waals surface area contributed by atoms with E-state index in [1.54, 1.807) is 36.8 Å². The van der Waals surface area contributed by atoms with E-state index in [2.05, 4.69) is 20.3 Å². The van der Waals surface area contributed by atoms with Crippen LogP contribution < -0.4 is 10.1 Å². The lowest BCUT2D eigenvalue weighted by Crippen LogP contribution is -2.04. The molecule has 0 fully saturated rings. The number of furan rings is 1. The number of carboxylic acids is 1. The minimum atomic E-state index is -1.32. The van der Waals surface area contributed by atoms with E-state index in [1.807, 2.05) is 37.3 Å². The minimum absolute atomic E-state index is 0.000168. The molecule has 9 heteroatoms. The number of rotatable bonds is 8. The number of benzene rings is 1. The third kappa shape index (κ3) is 4.67. The smallest absolute Gasteiger partial charge is 0.345 e. The third-order valence-electron chi connectivity index (χ3n) is 5.63. The van der Waals surface area contributed by atoms with Gasteiger partial charge in [0.15, 0.2) is 22.9 Å². The number of pyridine rings is 2. The van der Waals surface area contributed by atoms with Crippen LogP contribution in [0.15, 0.2) is 70.3 Å². The second kappa shape index (κ2) is 9.75. The maximum absolute atomic E-state index is 11.9. The van der Waals surface area contributed by atoms with Crippen LogP contribution in [0.5, 0.6) is 11.5 Å². The number of hydrogen-bond donors (Lipinski definition) is 3. The van der Waals surface area contributed by atoms with Crippen molar-refractivity contribution in [1.82, 2.24) is 9.97 Å². The normalized spacial score (nSPS) is 13.1. The number of carbonyl (C=O) groups is 1. The summed E-state index contributed by atoms with van der Waals surface area (Å²) in [7, 11) is 0. The number of aryl methyl sites for hydroxylation is 1. The second-order valence-electron chi connectivity index (χ2n) is 8.08. The third-order valence-corrected chi connectivity index (χ3v) is 5.63. The lowest BCUT2D eigenvalue weighted by atomic mass is 10.1. The van der Waals surface area contributed by atoms with E-state index in [9.17, 15) is 15.0 Å². The lowest BCUT2D eigenvalue weighted by molar-refractivity contribution is 0.0695. The molecule has 5 rings (SSSR count). The van der Waals surface area contributed by atoms with Crippen molar-refractivity contribution >= 4 is 41.2 Å². The standard InChI is InChI=1S/C27H22N4O5/c1-16-13-19(35-12-9-18-5-2-3-10-28-18)7-8-21(16)31-26-23(27(33)34)24(32)22(36-26)14-17-15-30-25-20(17)6-4-11-29-25/h2-8,10-11,13-15,31-32H,9,12H2,1H3,(H,33,34). The summed E-state index contributed by atoms with van der Waals surface area (Å²) < 4.78 is 11.6. The molecule has 3 aromatic heterocycles. The summed E-state index contributed by atoms with van der Waals surface area (Å²) in [6.45, 7) is 2.33. The summed E-state index contributed by atoms with van der Waals surface area (Å²) in [5.41, 5.74) is 3.40. The van der Waals surface area contributed by atoms with Gasteiger partial charge < -0.3 is 24.7 Å². The molecule has 4 aromatic rings. The molecule has 0 saturated heterocycles. The van der Waals surface area contributed by atoms with Crippen molar-refractivity contribution in [1.29, 1.82) is 0 Å². The topological polar surface area (TPSA) is 130 Å². The molecule has 0 radical (unpaired) electrons. The van der Waals surface area contributed by atoms with Gasteiger partial charge in [0.1, 0.15) is 5.75 Å². The first-order chi connectivity index (χ1) is 17.5. The van der Waals surface area contributed by atoms with E-state index in [1.165, 1.54) is 6.08 Å². The zero-order chi connectivity index (χ0) is 25.1. The average molecular weight is 482 g/mol. The van der Waals surface area contributed by atoms with Crippen molar-refractivity contribution in [2.75, 3.05) is 11.9 Å². The summed E-state index contributed by atoms with van der Waals surface area (Å²) in [6, 6.07) is 14.7. The van der Waals surface area contributed by atoms with Gasteiger partial charge in [-0.3, -0.25) is 4.98 Å². The predicted octanol–water partition coefficient (Wildman–Crippen LogP) is 5.40. The molecule has 1 aliphatic rings. The Hall–Kier alpha value is -4.92. The maximum atomic E-state index is 11.9. The lowest BCUT2D eigenvalue weighted by Gasteiger charge is -2.11. The zero-order valence-electron chi connectivity index (χ0n) is 19.3. The molecule has 36 heavy (non-hydrogen) atoms. The fourth-order valence-corrected chi connectivity index (χ4v) is 3.81. The summed E-state index contributed by atoms with van der Waals surface area (Å²) >= 11 is 0. The first-order valence-corrected chi connectivity index (χ1v) is 11.2. The second-order valence-corrected chi connectivity index (χ2v) is 8.08. The quantitative estimate of drug-likeness (QED) is 0.304. The van der Waals surface area contributed by atoms with E-state index < -0.39 is 11.7 Å². The number of nitrogens with one attached hydrogen (secondary N) is 1. The number of allylic oxidation sites excluding steroid dienone is 1. The van der Waals surface area contributed by atoms with Crippen LogP contribution in [-0.2, 0) is 6.42 Å². The first-order valence-electron chi connectivity index (χ1n) is 11.2. The van der Waals surface area contributed by atoms with E-state index in [4.69, 9.17) is 9.15 Å². The Morgan fingerprint density at radius 3 is 2.78 bits per heavy atom. The fourth-order valence-electron chi connectivity index (χ4n) is 3.81. The van der Waals surface area contributed by atoms with Crippen LogP contribution in [0, 0.1) is 6.92 Å². The molecule has 1 aliphatic heterocycles. The van der Waals surface area contributed by atoms with E-state index >= 15 is 0 Å². The van der Waals surface area contributed by atoms with E-state index in [0.717, 1.165) is 16.8 Å². The van der Waals surface area contributed by atoms with Gasteiger partial charge in [-0.1, -0.05) is 6.07 Å². The monoisotopic (exact) mass is 482 g/mol. The molecule has 1 aromatic carbocycles. The number of nitrogens with zero attached hydrogens (tertiary/aromatic N) is 3. The van der Waals surface area contributed by atoms with Gasteiger partial charge in [-0.05, 0) is 61.0 Å². The molecule has 0 aliphatic carbocycles. The summed E-state index contributed by atoms with van der Waals surface area (Å²) in [4.78, 5) is 24.6. The van der Waals surface area contributed by atoms with Crippen LogP contribution in [-0.4, -0.2) is 39.0 Å². The van der Waals surface area contributed by atoms with Crippen LogP contribution >= 0.6 is 0 Å². The Labute approximate surface area is 206 Å². The molecule has 0 amide bonds. The molecule has 0 bridgehead atoms. The van der Waals surface area contributed by atoms with Gasteiger partial charge >= 0.3 is 5.97 Å². The van der Waals surface area contributed by atoms with Crippen molar-refractivity contribution in [3.8, 4) is 11.5 Å². The summed E-state index contributed by atoms with van der Waals surface area (Å²) in [5, 5.41) is 23.3. The highest BCUT2D eigenvalue weighted by molar-refractivity contribution is 6.21. The Morgan fingerprint density at radius 1 is 1.14 bits per heavy atom. The van der Waals surface area contributed by atoms with Crippen LogP contribution in [0.1, 0.15) is 32.9 Å². The van der Waals surface area contributed by atoms with Crippen molar-refractivity contribution in [3.05, 3.63) is 89.1 Å². The van der Waals surface area contributed by atoms with Crippen molar-refractivity contribution < 1.29 is 24.2 Å². The number of aromatic nitrogens is 2. The number of aromatic hydroxyl groups is 1. The molecule has 0 saturated carbocycles. The molecule has 0 spiro atoms. The van der Waals surface area contributed by atoms with Gasteiger partial charge in [-0.15, -0.1) is 0 Å². The number of fused-ring (bicyclic) bond motifs is 1. The number of aliphatic imine (C=N–C) groups is 1. The number of aromatic carboxylic acids is 1. The van der Waals surface area contributed by atoms with Gasteiger partial charge in [-0.2, -0.15) is 0 Å². The molecule has 9 nitrogen and oxygen atoms in total. The molecule has 180 valence electrons. The van der Waals surface area contributed by atoms with Gasteiger partial charge in [0.05, 0.1) is 6.61 Å². The Bertz CT molecular complexity index is 1490. The molecule has 0 atom stereocenters. The highest BCUT2D eigenvalue weighted by Crippen LogP contribution is 2.39. The highest BCUT2D eigenvalue weighted by atomic mass is 16.5. The fraction of sp³-hybridized carbons (Fsp3) is 0.111. The summed E-state index contributed by atoms with van der Waals surface area (Å²) in [6.07, 6.45) is 7.18. The first kappa shape index (κ1) is 22.9. The molecule has 0 unspecified atom stereocenters. The van der Waals surface area contributed by atoms with E-state index in [-0.39, 0.29) is 17.2 Å². The van der Waals surface area contributed by atoms with Crippen molar-refractivity contribution in [2.45, 2.75) is 13.3 Å². The predicted molar refractivity (Wildman–Crippen MR) is 135 cm³/mol. The summed E-state index contributed by atoms with van der Waals surface area (Å²) in [5.74, 6) is -0.661. The highest BCUT2D eigenvalue weighted by Gasteiger charge is 2.26. The van der Waals surface area contributed by atoms with Crippen LogP contribution in [0.3, 0.4) is 0 Å². The van der Waals surface area contributed by atoms with Gasteiger partial charge in [0.25, 0.3) is 0 Å². The Kier molecular flexibility index (Phi) is 6.19. The van der Waals surface area contributed by atoms with Crippen LogP contribution in [0.25, 0.3) is 11.6 Å². The maximum Gasteiger partial charge on any atom is 0.345 e. The molecular weight excluding hydrogens is 460 g/mol. The van der Waals surface area contributed by atoms with Gasteiger partial charge in [0.2, 0.25) is 5.88 Å². The number of carboxylic acid groups (broad SMARTS) is 1. The molecule has 3 N–H and O–H groups in total.